The number of piperazine rings is 1. The van der Waals surface area contributed by atoms with Crippen molar-refractivity contribution < 1.29 is 32.6 Å². The molecule has 8 nitrogen and oxygen atoms in total. The highest BCUT2D eigenvalue weighted by Gasteiger charge is 2.31. The summed E-state index contributed by atoms with van der Waals surface area (Å²) in [4.78, 5) is 32.3. The molecule has 3 rings (SSSR count). The number of amides is 1. The molecule has 2 N–H and O–H groups in total. The number of β-amino-alcohol motifs (C(OH)–C–C–N with tert-alkyl or cyclic N) is 1. The first-order valence-corrected chi connectivity index (χ1v) is 11.4. The molecule has 11 heteroatoms. The van der Waals surface area contributed by atoms with Gasteiger partial charge in [-0.15, -0.1) is 0 Å². The van der Waals surface area contributed by atoms with Gasteiger partial charge < -0.3 is 20.1 Å². The quantitative estimate of drug-likeness (QED) is 0.517. The summed E-state index contributed by atoms with van der Waals surface area (Å²) in [5.74, 6) is -0.258. The van der Waals surface area contributed by atoms with Crippen molar-refractivity contribution >= 4 is 23.4 Å². The summed E-state index contributed by atoms with van der Waals surface area (Å²) in [7, 11) is 0. The van der Waals surface area contributed by atoms with E-state index in [-0.39, 0.29) is 18.1 Å². The lowest BCUT2D eigenvalue weighted by molar-refractivity contribution is -0.147. The van der Waals surface area contributed by atoms with Crippen LogP contribution in [0.15, 0.2) is 42.6 Å². The van der Waals surface area contributed by atoms with Crippen molar-refractivity contribution in [2.45, 2.75) is 32.0 Å². The molecule has 0 aliphatic carbocycles. The highest BCUT2D eigenvalue weighted by Crippen LogP contribution is 2.29. The number of anilines is 2. The van der Waals surface area contributed by atoms with Gasteiger partial charge in [-0.25, -0.2) is 4.98 Å². The number of nitrogens with one attached hydrogen (secondary N) is 1. The third-order valence-electron chi connectivity index (χ3n) is 5.51. The molecule has 190 valence electrons. The molecule has 1 saturated heterocycles. The zero-order valence-electron chi connectivity index (χ0n) is 19.4. The number of benzene rings is 1. The van der Waals surface area contributed by atoms with Gasteiger partial charge in [0.15, 0.2) is 0 Å². The Bertz CT molecular complexity index is 993. The largest absolute Gasteiger partial charge is 0.463 e. The van der Waals surface area contributed by atoms with Crippen molar-refractivity contribution in [2.24, 2.45) is 0 Å². The fourth-order valence-electron chi connectivity index (χ4n) is 3.66. The van der Waals surface area contributed by atoms with Crippen molar-refractivity contribution in [1.29, 1.82) is 0 Å². The topological polar surface area (TPSA) is 95.0 Å². The van der Waals surface area contributed by atoms with E-state index >= 15 is 0 Å². The molecule has 35 heavy (non-hydrogen) atoms. The lowest BCUT2D eigenvalue weighted by Gasteiger charge is -2.36. The average Bonchev–Trinajstić information content (AvgIpc) is 2.83. The Morgan fingerprint density at radius 1 is 1.17 bits per heavy atom. The lowest BCUT2D eigenvalue weighted by Crippen LogP contribution is -2.49. The molecule has 0 spiro atoms. The van der Waals surface area contributed by atoms with Gasteiger partial charge in [-0.05, 0) is 36.8 Å². The van der Waals surface area contributed by atoms with E-state index < -0.39 is 23.8 Å². The van der Waals surface area contributed by atoms with Gasteiger partial charge in [0.25, 0.3) is 5.91 Å². The van der Waals surface area contributed by atoms with Crippen LogP contribution in [-0.2, 0) is 15.7 Å². The van der Waals surface area contributed by atoms with E-state index in [2.05, 4.69) is 20.1 Å². The molecule has 2 aromatic rings. The van der Waals surface area contributed by atoms with E-state index in [1.807, 2.05) is 6.92 Å². The number of nitrogens with zero attached hydrogens (tertiary/aromatic N) is 3. The fourth-order valence-corrected chi connectivity index (χ4v) is 3.66. The molecule has 1 aromatic carbocycles. The van der Waals surface area contributed by atoms with Crippen LogP contribution in [0.25, 0.3) is 0 Å². The smallest absolute Gasteiger partial charge is 0.416 e. The van der Waals surface area contributed by atoms with Crippen LogP contribution in [-0.4, -0.2) is 72.3 Å². The SMILES string of the molecule is CCCC(=O)OCC(O)CN1CCN(c2ccc(NC(=O)c3cccc(C(F)(F)F)c3)cn2)CC1. The third-order valence-corrected chi connectivity index (χ3v) is 5.51. The van der Waals surface area contributed by atoms with Crippen molar-refractivity contribution in [2.75, 3.05) is 49.5 Å². The van der Waals surface area contributed by atoms with Crippen molar-refractivity contribution in [3.05, 3.63) is 53.7 Å². The van der Waals surface area contributed by atoms with E-state index in [9.17, 15) is 27.9 Å². The first kappa shape index (κ1) is 26.4. The molecule has 1 fully saturated rings. The molecule has 1 aliphatic rings. The molecule has 1 atom stereocenters. The molecule has 0 bridgehead atoms. The number of aliphatic hydroxyl groups is 1. The maximum Gasteiger partial charge on any atom is 0.416 e. The Hall–Kier alpha value is -3.18. The van der Waals surface area contributed by atoms with Crippen molar-refractivity contribution in [1.82, 2.24) is 9.88 Å². The van der Waals surface area contributed by atoms with Crippen LogP contribution in [0, 0.1) is 0 Å². The monoisotopic (exact) mass is 494 g/mol. The normalized spacial score (nSPS) is 15.5. The lowest BCUT2D eigenvalue weighted by atomic mass is 10.1. The summed E-state index contributed by atoms with van der Waals surface area (Å²) in [6, 6.07) is 7.61. The number of halogens is 3. The van der Waals surface area contributed by atoms with Crippen LogP contribution in [0.5, 0.6) is 0 Å². The summed E-state index contributed by atoms with van der Waals surface area (Å²) >= 11 is 0. The molecule has 1 amide bonds. The van der Waals surface area contributed by atoms with E-state index in [4.69, 9.17) is 4.74 Å². The number of esters is 1. The number of hydrogen-bond donors (Lipinski definition) is 2. The number of hydrogen-bond acceptors (Lipinski definition) is 7. The second kappa shape index (κ2) is 12.0. The zero-order chi connectivity index (χ0) is 25.4. The number of ether oxygens (including phenoxy) is 1. The predicted molar refractivity (Wildman–Crippen MR) is 124 cm³/mol. The second-order valence-electron chi connectivity index (χ2n) is 8.31. The Morgan fingerprint density at radius 3 is 2.54 bits per heavy atom. The Kier molecular flexibility index (Phi) is 9.05. The molecule has 0 saturated carbocycles. The number of rotatable bonds is 9. The minimum Gasteiger partial charge on any atom is -0.463 e. The maximum absolute atomic E-state index is 12.9. The van der Waals surface area contributed by atoms with E-state index in [1.165, 1.54) is 18.3 Å². The highest BCUT2D eigenvalue weighted by molar-refractivity contribution is 6.04. The van der Waals surface area contributed by atoms with Gasteiger partial charge in [0, 0.05) is 44.7 Å². The molecule has 1 unspecified atom stereocenters. The van der Waals surface area contributed by atoms with Gasteiger partial charge in [-0.2, -0.15) is 13.2 Å². The van der Waals surface area contributed by atoms with Gasteiger partial charge in [0.05, 0.1) is 17.4 Å². The summed E-state index contributed by atoms with van der Waals surface area (Å²) in [6.07, 6.45) is -2.77. The minimum absolute atomic E-state index is 0.0196. The fraction of sp³-hybridized carbons (Fsp3) is 0.458. The Labute approximate surface area is 201 Å². The van der Waals surface area contributed by atoms with Gasteiger partial charge in [0.1, 0.15) is 18.5 Å². The first-order valence-electron chi connectivity index (χ1n) is 11.4. The number of carbonyl (C=O) groups is 2. The standard InChI is InChI=1S/C24H29F3N4O4/c1-2-4-22(33)35-16-20(32)15-30-9-11-31(12-10-30)21-8-7-19(14-28-21)29-23(34)17-5-3-6-18(13-17)24(25,26)27/h3,5-8,13-14,20,32H,2,4,9-12,15-16H2,1H3,(H,29,34). The summed E-state index contributed by atoms with van der Waals surface area (Å²) in [5, 5.41) is 12.7. The van der Waals surface area contributed by atoms with E-state index in [1.54, 1.807) is 12.1 Å². The van der Waals surface area contributed by atoms with Gasteiger partial charge in [-0.3, -0.25) is 14.5 Å². The van der Waals surface area contributed by atoms with E-state index in [0.717, 1.165) is 12.1 Å². The molecule has 1 aliphatic heterocycles. The molecular formula is C24H29F3N4O4. The van der Waals surface area contributed by atoms with Crippen LogP contribution < -0.4 is 10.2 Å². The number of alkyl halides is 3. The van der Waals surface area contributed by atoms with Crippen LogP contribution in [0.3, 0.4) is 0 Å². The highest BCUT2D eigenvalue weighted by atomic mass is 19.4. The van der Waals surface area contributed by atoms with Crippen LogP contribution in [0.4, 0.5) is 24.7 Å². The van der Waals surface area contributed by atoms with E-state index in [0.29, 0.717) is 57.1 Å². The molecule has 0 radical (unpaired) electrons. The zero-order valence-corrected chi connectivity index (χ0v) is 19.4. The van der Waals surface area contributed by atoms with Crippen molar-refractivity contribution in [3.8, 4) is 0 Å². The summed E-state index contributed by atoms with van der Waals surface area (Å²) in [6.45, 7) is 4.99. The molecule has 1 aromatic heterocycles. The van der Waals surface area contributed by atoms with Crippen molar-refractivity contribution in [3.63, 3.8) is 0 Å². The number of pyridine rings is 1. The Balaban J connectivity index is 1.47. The molecular weight excluding hydrogens is 465 g/mol. The van der Waals surface area contributed by atoms with Gasteiger partial charge >= 0.3 is 12.1 Å². The molecule has 2 heterocycles. The Morgan fingerprint density at radius 2 is 1.91 bits per heavy atom. The number of carbonyl (C=O) groups excluding carboxylic acids is 2. The number of aliphatic hydroxyl groups excluding tert-OH is 1. The third kappa shape index (κ3) is 7.93. The minimum atomic E-state index is -4.52. The van der Waals surface area contributed by atoms with Crippen LogP contribution in [0.1, 0.15) is 35.7 Å². The summed E-state index contributed by atoms with van der Waals surface area (Å²) < 4.78 is 43.7. The van der Waals surface area contributed by atoms with Crippen LogP contribution in [0.2, 0.25) is 0 Å². The second-order valence-corrected chi connectivity index (χ2v) is 8.31. The average molecular weight is 495 g/mol. The van der Waals surface area contributed by atoms with Crippen LogP contribution >= 0.6 is 0 Å². The predicted octanol–water partition coefficient (Wildman–Crippen LogP) is 3.18. The van der Waals surface area contributed by atoms with Gasteiger partial charge in [0.2, 0.25) is 0 Å². The maximum atomic E-state index is 12.9. The summed E-state index contributed by atoms with van der Waals surface area (Å²) in [5.41, 5.74) is -0.610. The van der Waals surface area contributed by atoms with Gasteiger partial charge in [-0.1, -0.05) is 13.0 Å². The first-order chi connectivity index (χ1) is 16.7. The number of aromatic nitrogens is 1.